The molecule has 1 aromatic heterocycles. The highest BCUT2D eigenvalue weighted by Crippen LogP contribution is 2.04. The van der Waals surface area contributed by atoms with Gasteiger partial charge in [0.2, 0.25) is 0 Å². The van der Waals surface area contributed by atoms with Gasteiger partial charge in [-0.3, -0.25) is 9.48 Å². The molecule has 4 nitrogen and oxygen atoms in total. The minimum atomic E-state index is -0.461. The fourth-order valence-corrected chi connectivity index (χ4v) is 1.13. The molecule has 4 heteroatoms. The number of carbonyl (C=O) groups is 1. The first-order valence-electron chi connectivity index (χ1n) is 4.05. The van der Waals surface area contributed by atoms with Crippen molar-refractivity contribution < 1.29 is 4.79 Å². The zero-order valence-corrected chi connectivity index (χ0v) is 7.37. The summed E-state index contributed by atoms with van der Waals surface area (Å²) in [5.41, 5.74) is 6.49. The molecular formula is C8H13N3O. The number of aryl methyl sites for hydroxylation is 2. The molecule has 0 unspecified atom stereocenters. The van der Waals surface area contributed by atoms with E-state index in [0.29, 0.717) is 5.69 Å². The Balaban J connectivity index is 3.05. The summed E-state index contributed by atoms with van der Waals surface area (Å²) in [6.45, 7) is 4.78. The average Bonchev–Trinajstić information content (AvgIpc) is 2.46. The molecule has 12 heavy (non-hydrogen) atoms. The third kappa shape index (κ3) is 1.47. The van der Waals surface area contributed by atoms with Crippen molar-refractivity contribution in [3.63, 3.8) is 0 Å². The van der Waals surface area contributed by atoms with E-state index in [1.165, 1.54) is 0 Å². The minimum absolute atomic E-state index is 0.355. The van der Waals surface area contributed by atoms with E-state index in [2.05, 4.69) is 5.10 Å². The first-order valence-corrected chi connectivity index (χ1v) is 4.05. The maximum atomic E-state index is 10.7. The van der Waals surface area contributed by atoms with E-state index in [1.54, 1.807) is 10.7 Å². The number of amides is 1. The number of primary amides is 1. The predicted octanol–water partition coefficient (Wildman–Crippen LogP) is 0.564. The highest BCUT2D eigenvalue weighted by molar-refractivity contribution is 5.90. The maximum Gasteiger partial charge on any atom is 0.269 e. The average molecular weight is 167 g/mol. The highest BCUT2D eigenvalue weighted by atomic mass is 16.1. The molecule has 0 fully saturated rings. The molecule has 1 aromatic rings. The van der Waals surface area contributed by atoms with Gasteiger partial charge < -0.3 is 5.73 Å². The lowest BCUT2D eigenvalue weighted by molar-refractivity contribution is 0.0995. The van der Waals surface area contributed by atoms with Gasteiger partial charge in [0.15, 0.2) is 0 Å². The van der Waals surface area contributed by atoms with Crippen LogP contribution in [0.5, 0.6) is 0 Å². The summed E-state index contributed by atoms with van der Waals surface area (Å²) >= 11 is 0. The second kappa shape index (κ2) is 3.38. The Labute approximate surface area is 71.4 Å². The van der Waals surface area contributed by atoms with Crippen LogP contribution in [0.25, 0.3) is 0 Å². The van der Waals surface area contributed by atoms with E-state index in [0.717, 1.165) is 18.7 Å². The highest BCUT2D eigenvalue weighted by Gasteiger charge is 2.08. The molecular weight excluding hydrogens is 154 g/mol. The maximum absolute atomic E-state index is 10.7. The van der Waals surface area contributed by atoms with Gasteiger partial charge >= 0.3 is 0 Å². The number of hydrogen-bond donors (Lipinski definition) is 1. The molecule has 0 bridgehead atoms. The molecule has 1 rings (SSSR count). The Morgan fingerprint density at radius 1 is 1.67 bits per heavy atom. The van der Waals surface area contributed by atoms with Crippen LogP contribution in [-0.2, 0) is 13.0 Å². The first kappa shape index (κ1) is 8.77. The van der Waals surface area contributed by atoms with Crippen LogP contribution in [0.3, 0.4) is 0 Å². The summed E-state index contributed by atoms with van der Waals surface area (Å²) in [6.07, 6.45) is 0.869. The molecule has 0 aliphatic carbocycles. The molecule has 1 amide bonds. The Bertz CT molecular complexity index is 269. The number of carbonyl (C=O) groups excluding carboxylic acids is 1. The second-order valence-electron chi connectivity index (χ2n) is 2.55. The third-order valence-electron chi connectivity index (χ3n) is 1.78. The van der Waals surface area contributed by atoms with E-state index >= 15 is 0 Å². The van der Waals surface area contributed by atoms with Crippen molar-refractivity contribution in [3.8, 4) is 0 Å². The van der Waals surface area contributed by atoms with Gasteiger partial charge in [-0.1, -0.05) is 6.92 Å². The normalized spacial score (nSPS) is 10.2. The summed E-state index contributed by atoms with van der Waals surface area (Å²) in [7, 11) is 0. The lowest BCUT2D eigenvalue weighted by Gasteiger charge is -1.98. The topological polar surface area (TPSA) is 60.9 Å². The Kier molecular flexibility index (Phi) is 2.47. The van der Waals surface area contributed by atoms with Crippen molar-refractivity contribution in [1.82, 2.24) is 9.78 Å². The molecule has 0 aliphatic heterocycles. The molecule has 0 spiro atoms. The molecule has 0 aromatic carbocycles. The van der Waals surface area contributed by atoms with Crippen LogP contribution in [0.1, 0.15) is 30.0 Å². The first-order chi connectivity index (χ1) is 5.69. The minimum Gasteiger partial charge on any atom is -0.364 e. The van der Waals surface area contributed by atoms with Gasteiger partial charge in [-0.25, -0.2) is 0 Å². The van der Waals surface area contributed by atoms with Crippen molar-refractivity contribution in [2.24, 2.45) is 5.73 Å². The molecule has 66 valence electrons. The van der Waals surface area contributed by atoms with Gasteiger partial charge in [-0.05, 0) is 19.4 Å². The molecule has 0 aliphatic rings. The van der Waals surface area contributed by atoms with Crippen LogP contribution >= 0.6 is 0 Å². The molecule has 0 radical (unpaired) electrons. The number of hydrogen-bond acceptors (Lipinski definition) is 2. The largest absolute Gasteiger partial charge is 0.364 e. The van der Waals surface area contributed by atoms with Crippen molar-refractivity contribution in [2.45, 2.75) is 26.8 Å². The zero-order valence-electron chi connectivity index (χ0n) is 7.37. The van der Waals surface area contributed by atoms with Crippen molar-refractivity contribution in [3.05, 3.63) is 17.5 Å². The van der Waals surface area contributed by atoms with Gasteiger partial charge in [0.25, 0.3) is 5.91 Å². The second-order valence-corrected chi connectivity index (χ2v) is 2.55. The molecule has 2 N–H and O–H groups in total. The Morgan fingerprint density at radius 3 is 2.67 bits per heavy atom. The van der Waals surface area contributed by atoms with Gasteiger partial charge in [-0.15, -0.1) is 0 Å². The van der Waals surface area contributed by atoms with Gasteiger partial charge in [0.1, 0.15) is 5.69 Å². The van der Waals surface area contributed by atoms with E-state index in [1.807, 2.05) is 13.8 Å². The summed E-state index contributed by atoms with van der Waals surface area (Å²) in [5.74, 6) is -0.461. The summed E-state index contributed by atoms with van der Waals surface area (Å²) in [6, 6.07) is 1.74. The molecule has 0 atom stereocenters. The Hall–Kier alpha value is -1.32. The number of nitrogens with zero attached hydrogens (tertiary/aromatic N) is 2. The van der Waals surface area contributed by atoms with Crippen LogP contribution < -0.4 is 5.73 Å². The van der Waals surface area contributed by atoms with Gasteiger partial charge in [0.05, 0.1) is 0 Å². The van der Waals surface area contributed by atoms with Crippen LogP contribution in [0, 0.1) is 0 Å². The van der Waals surface area contributed by atoms with E-state index < -0.39 is 5.91 Å². The fraction of sp³-hybridized carbons (Fsp3) is 0.500. The lowest BCUT2D eigenvalue weighted by atomic mass is 10.3. The third-order valence-corrected chi connectivity index (χ3v) is 1.78. The fourth-order valence-electron chi connectivity index (χ4n) is 1.13. The molecule has 1 heterocycles. The van der Waals surface area contributed by atoms with Crippen molar-refractivity contribution in [2.75, 3.05) is 0 Å². The standard InChI is InChI=1S/C8H13N3O/c1-3-6-5-7(8(9)12)10-11(6)4-2/h5H,3-4H2,1-2H3,(H2,9,12). The summed E-state index contributed by atoms with van der Waals surface area (Å²) < 4.78 is 1.79. The van der Waals surface area contributed by atoms with Crippen LogP contribution in [0.4, 0.5) is 0 Å². The molecule has 0 saturated heterocycles. The van der Waals surface area contributed by atoms with E-state index in [-0.39, 0.29) is 0 Å². The van der Waals surface area contributed by atoms with Gasteiger partial charge in [0, 0.05) is 12.2 Å². The summed E-state index contributed by atoms with van der Waals surface area (Å²) in [4.78, 5) is 10.7. The van der Waals surface area contributed by atoms with Crippen LogP contribution in [0.2, 0.25) is 0 Å². The zero-order chi connectivity index (χ0) is 9.14. The van der Waals surface area contributed by atoms with Crippen molar-refractivity contribution in [1.29, 1.82) is 0 Å². The van der Waals surface area contributed by atoms with Crippen LogP contribution in [0.15, 0.2) is 6.07 Å². The SMILES string of the molecule is CCc1cc(C(N)=O)nn1CC. The number of aromatic nitrogens is 2. The van der Waals surface area contributed by atoms with E-state index in [9.17, 15) is 4.79 Å². The predicted molar refractivity (Wildman–Crippen MR) is 45.8 cm³/mol. The van der Waals surface area contributed by atoms with Crippen LogP contribution in [-0.4, -0.2) is 15.7 Å². The lowest BCUT2D eigenvalue weighted by Crippen LogP contribution is -2.12. The Morgan fingerprint density at radius 2 is 2.33 bits per heavy atom. The number of rotatable bonds is 3. The van der Waals surface area contributed by atoms with E-state index in [4.69, 9.17) is 5.73 Å². The van der Waals surface area contributed by atoms with Gasteiger partial charge in [-0.2, -0.15) is 5.10 Å². The summed E-state index contributed by atoms with van der Waals surface area (Å²) in [5, 5.41) is 4.04. The monoisotopic (exact) mass is 167 g/mol. The quantitative estimate of drug-likeness (QED) is 0.715. The van der Waals surface area contributed by atoms with Crippen molar-refractivity contribution >= 4 is 5.91 Å². The number of nitrogens with two attached hydrogens (primary N) is 1. The molecule has 0 saturated carbocycles. The smallest absolute Gasteiger partial charge is 0.269 e.